The quantitative estimate of drug-likeness (QED) is 0.107. The Morgan fingerprint density at radius 2 is 0.656 bits per heavy atom. The van der Waals surface area contributed by atoms with E-state index in [2.05, 4.69) is 383 Å². The van der Waals surface area contributed by atoms with Crippen molar-refractivity contribution >= 4 is 113 Å². The second kappa shape index (κ2) is 24.7. The highest BCUT2D eigenvalue weighted by Gasteiger charge is 2.19. The van der Waals surface area contributed by atoms with Crippen molar-refractivity contribution in [2.45, 2.75) is 0 Å². The van der Waals surface area contributed by atoms with Crippen molar-refractivity contribution in [3.05, 3.63) is 374 Å². The number of rotatable bonds is 13. The largest absolute Gasteiger partial charge is 0.310 e. The van der Waals surface area contributed by atoms with Crippen LogP contribution in [0.3, 0.4) is 0 Å². The van der Waals surface area contributed by atoms with Gasteiger partial charge >= 0.3 is 0 Å². The number of aromatic nitrogens is 2. The monoisotopic (exact) mass is 1150 g/mol. The van der Waals surface area contributed by atoms with Crippen molar-refractivity contribution in [2.24, 2.45) is 0 Å². The molecule has 0 aliphatic rings. The van der Waals surface area contributed by atoms with E-state index in [0.29, 0.717) is 0 Å². The third-order valence-corrected chi connectivity index (χ3v) is 16.8. The lowest BCUT2D eigenvalue weighted by Crippen LogP contribution is -2.10. The Labute approximate surface area is 525 Å². The number of hydrogen-bond acceptors (Lipinski definition) is 2. The van der Waals surface area contributed by atoms with Gasteiger partial charge in [-0.15, -0.1) is 0 Å². The maximum atomic E-state index is 3.54. The summed E-state index contributed by atoms with van der Waals surface area (Å²) in [4.78, 5) is 4.62. The van der Waals surface area contributed by atoms with E-state index in [4.69, 9.17) is 0 Å². The van der Waals surface area contributed by atoms with Crippen molar-refractivity contribution < 1.29 is 0 Å². The summed E-state index contributed by atoms with van der Waals surface area (Å²) in [6.45, 7) is 0. The molecule has 0 fully saturated rings. The summed E-state index contributed by atoms with van der Waals surface area (Å²) in [6.07, 6.45) is 8.62. The predicted octanol–water partition coefficient (Wildman–Crippen LogP) is 23.3. The molecule has 16 rings (SSSR count). The first-order valence-corrected chi connectivity index (χ1v) is 30.6. The Hall–Kier alpha value is -12.2. The average molecular weight is 1150 g/mol. The van der Waals surface area contributed by atoms with Gasteiger partial charge in [0.15, 0.2) is 0 Å². The van der Waals surface area contributed by atoms with E-state index in [1.807, 2.05) is 12.1 Å². The van der Waals surface area contributed by atoms with Crippen LogP contribution in [0, 0.1) is 12.1 Å². The molecule has 0 bridgehead atoms. The normalized spacial score (nSPS) is 11.4. The van der Waals surface area contributed by atoms with Crippen molar-refractivity contribution in [1.29, 1.82) is 0 Å². The second-order valence-corrected chi connectivity index (χ2v) is 22.4. The van der Waals surface area contributed by atoms with Crippen molar-refractivity contribution in [2.75, 3.05) is 9.80 Å². The molecule has 4 nitrogen and oxygen atoms in total. The lowest BCUT2D eigenvalue weighted by molar-refractivity contribution is 1.17. The van der Waals surface area contributed by atoms with Crippen LogP contribution in [0.4, 0.5) is 34.1 Å². The van der Waals surface area contributed by atoms with Gasteiger partial charge in [-0.3, -0.25) is 0 Å². The zero-order valence-electron chi connectivity index (χ0n) is 49.4. The van der Waals surface area contributed by atoms with E-state index in [1.54, 1.807) is 0 Å². The molecule has 0 saturated heterocycles. The molecule has 16 aromatic rings. The Morgan fingerprint density at radius 1 is 0.256 bits per heavy atom. The molecular formula is C86H60N4. The van der Waals surface area contributed by atoms with E-state index < -0.39 is 0 Å². The smallest absolute Gasteiger partial charge is 0.0975 e. The highest BCUT2D eigenvalue weighted by Crippen LogP contribution is 2.42. The molecule has 90 heavy (non-hydrogen) atoms. The summed E-state index contributed by atoms with van der Waals surface area (Å²) in [5.74, 6) is 0. The summed E-state index contributed by atoms with van der Waals surface area (Å²) in [5.41, 5.74) is 20.3. The molecule has 424 valence electrons. The fourth-order valence-corrected chi connectivity index (χ4v) is 12.5. The van der Waals surface area contributed by atoms with Gasteiger partial charge in [-0.25, -0.2) is 0 Å². The van der Waals surface area contributed by atoms with Crippen molar-refractivity contribution in [3.8, 4) is 22.5 Å². The average Bonchev–Trinajstić information content (AvgIpc) is 3.19. The summed E-state index contributed by atoms with van der Waals surface area (Å²) >= 11 is 0. The maximum absolute atomic E-state index is 3.54. The van der Waals surface area contributed by atoms with E-state index in [1.165, 1.54) is 60.0 Å². The Kier molecular flexibility index (Phi) is 14.9. The second-order valence-electron chi connectivity index (χ2n) is 22.4. The van der Waals surface area contributed by atoms with Gasteiger partial charge in [-0.1, -0.05) is 261 Å². The van der Waals surface area contributed by atoms with Crippen LogP contribution in [0.25, 0.3) is 101 Å². The number of para-hydroxylation sites is 4. The number of anilines is 6. The SMILES string of the molecule is C(=C\c1ccc(N(c2ccc(-n3c4ccccc4c4ccccc43)cc2)c2cccc3ccccc23)cc1)/c1ccccc1.c1c(N(c2ccc(/C=C/c3ccccc3)cc2)c2cccc(-c3ccccc3)c2)ccc(-n2c3ccccc3c3ccccc32)c#1. The Bertz CT molecular complexity index is 5090. The van der Waals surface area contributed by atoms with Crippen molar-refractivity contribution in [1.82, 2.24) is 9.13 Å². The predicted molar refractivity (Wildman–Crippen MR) is 382 cm³/mol. The number of hydrogen-bond donors (Lipinski definition) is 0. The molecule has 14 aromatic carbocycles. The van der Waals surface area contributed by atoms with E-state index in [0.717, 1.165) is 73.2 Å². The number of benzene rings is 13. The minimum Gasteiger partial charge on any atom is -0.310 e. The first-order chi connectivity index (χ1) is 44.6. The molecule has 0 atom stereocenters. The Morgan fingerprint density at radius 3 is 1.17 bits per heavy atom. The van der Waals surface area contributed by atoms with Crippen LogP contribution < -0.4 is 9.80 Å². The van der Waals surface area contributed by atoms with E-state index >= 15 is 0 Å². The molecule has 0 N–H and O–H groups in total. The summed E-state index contributed by atoms with van der Waals surface area (Å²) in [7, 11) is 0. The molecule has 0 radical (unpaired) electrons. The summed E-state index contributed by atoms with van der Waals surface area (Å²) in [5, 5.41) is 7.44. The van der Waals surface area contributed by atoms with E-state index in [-0.39, 0.29) is 0 Å². The van der Waals surface area contributed by atoms with Crippen LogP contribution in [-0.4, -0.2) is 9.13 Å². The molecule has 2 aromatic heterocycles. The topological polar surface area (TPSA) is 16.3 Å². The molecule has 0 spiro atoms. The zero-order valence-corrected chi connectivity index (χ0v) is 49.4. The van der Waals surface area contributed by atoms with Crippen LogP contribution in [0.2, 0.25) is 0 Å². The van der Waals surface area contributed by atoms with Gasteiger partial charge in [0, 0.05) is 55.4 Å². The Balaban J connectivity index is 0.000000150. The molecule has 2 heterocycles. The minimum atomic E-state index is 0.919. The first-order valence-electron chi connectivity index (χ1n) is 30.6. The van der Waals surface area contributed by atoms with Gasteiger partial charge in [0.1, 0.15) is 0 Å². The third kappa shape index (κ3) is 11.0. The maximum Gasteiger partial charge on any atom is 0.0975 e. The lowest BCUT2D eigenvalue weighted by Gasteiger charge is -2.27. The van der Waals surface area contributed by atoms with Crippen LogP contribution >= 0.6 is 0 Å². The fraction of sp³-hybridized carbons (Fsp3) is 0. The van der Waals surface area contributed by atoms with Gasteiger partial charge in [-0.05, 0) is 154 Å². The molecule has 0 amide bonds. The van der Waals surface area contributed by atoms with Gasteiger partial charge in [0.2, 0.25) is 0 Å². The molecule has 4 heteroatoms. The zero-order chi connectivity index (χ0) is 60.0. The van der Waals surface area contributed by atoms with Crippen LogP contribution in [0.15, 0.2) is 340 Å². The molecular weight excluding hydrogens is 1090 g/mol. The fourth-order valence-electron chi connectivity index (χ4n) is 12.5. The number of fused-ring (bicyclic) bond motifs is 7. The highest BCUT2D eigenvalue weighted by atomic mass is 15.1. The molecule has 0 unspecified atom stereocenters. The van der Waals surface area contributed by atoms with Gasteiger partial charge < -0.3 is 18.9 Å². The summed E-state index contributed by atoms with van der Waals surface area (Å²) in [6, 6.07) is 127. The molecule has 0 aliphatic heterocycles. The van der Waals surface area contributed by atoms with E-state index in [9.17, 15) is 0 Å². The lowest BCUT2D eigenvalue weighted by atomic mass is 10.0. The van der Waals surface area contributed by atoms with Crippen LogP contribution in [0.5, 0.6) is 0 Å². The first kappa shape index (κ1) is 54.5. The molecule has 0 saturated carbocycles. The van der Waals surface area contributed by atoms with Crippen LogP contribution in [-0.2, 0) is 0 Å². The number of nitrogens with zero attached hydrogens (tertiary/aromatic N) is 4. The van der Waals surface area contributed by atoms with Gasteiger partial charge in [0.05, 0.1) is 39.1 Å². The molecule has 0 aliphatic carbocycles. The van der Waals surface area contributed by atoms with Gasteiger partial charge in [-0.2, -0.15) is 0 Å². The summed E-state index contributed by atoms with van der Waals surface area (Å²) < 4.78 is 4.64. The van der Waals surface area contributed by atoms with Gasteiger partial charge in [0.25, 0.3) is 0 Å². The minimum absolute atomic E-state index is 0.919. The third-order valence-electron chi connectivity index (χ3n) is 16.8. The van der Waals surface area contributed by atoms with Crippen LogP contribution in [0.1, 0.15) is 22.3 Å². The highest BCUT2D eigenvalue weighted by molar-refractivity contribution is 6.10. The van der Waals surface area contributed by atoms with Crippen molar-refractivity contribution in [3.63, 3.8) is 0 Å². The standard InChI is InChI=1S/C44H30N2.C42H30N2/c1-3-12-33(13-4-1)22-23-34-24-26-37(27-25-34)45(40-17-11-16-36(32-40)35-14-5-2-6-15-35)38-28-30-39(31-29-38)46-43-20-9-7-18-41(43)42-19-8-10-21-44(42)46;1-2-11-31(12-3-1)21-22-32-23-25-34(26-24-32)43(40-20-10-14-33-13-4-5-15-37(33)40)35-27-29-36(30-28-35)44-41-18-8-6-16-38(41)39-17-7-9-19-42(39)44/h1-28,30,32H;1-30H/b23-22+;22-21+.